The molecule has 36 heavy (non-hydrogen) atoms. The normalized spacial score (nSPS) is 12.3. The van der Waals surface area contributed by atoms with Crippen molar-refractivity contribution in [3.05, 3.63) is 65.2 Å². The lowest BCUT2D eigenvalue weighted by molar-refractivity contribution is -0.141. The lowest BCUT2D eigenvalue weighted by Crippen LogP contribution is -2.49. The third-order valence-corrected chi connectivity index (χ3v) is 7.22. The zero-order chi connectivity index (χ0) is 26.9. The number of nitrogens with one attached hydrogen (secondary N) is 1. The van der Waals surface area contributed by atoms with Gasteiger partial charge >= 0.3 is 0 Å². The molecule has 8 heteroatoms. The van der Waals surface area contributed by atoms with Crippen molar-refractivity contribution >= 4 is 27.5 Å². The van der Waals surface area contributed by atoms with Crippen LogP contribution in [-0.2, 0) is 26.2 Å². The number of sulfonamides is 1. The van der Waals surface area contributed by atoms with Crippen molar-refractivity contribution in [2.75, 3.05) is 23.7 Å². The molecule has 0 aromatic heterocycles. The molecule has 1 unspecified atom stereocenters. The minimum absolute atomic E-state index is 0.137. The first-order chi connectivity index (χ1) is 16.9. The van der Waals surface area contributed by atoms with Gasteiger partial charge in [-0.25, -0.2) is 8.42 Å². The Morgan fingerprint density at radius 3 is 2.31 bits per heavy atom. The summed E-state index contributed by atoms with van der Waals surface area (Å²) in [6, 6.07) is 14.6. The number of carbonyl (C=O) groups excluding carboxylic acids is 2. The van der Waals surface area contributed by atoms with E-state index in [2.05, 4.69) is 5.32 Å². The Hall–Kier alpha value is -2.87. The van der Waals surface area contributed by atoms with E-state index in [1.54, 1.807) is 17.0 Å². The van der Waals surface area contributed by atoms with Crippen LogP contribution in [0.2, 0.25) is 0 Å². The van der Waals surface area contributed by atoms with Crippen LogP contribution in [0, 0.1) is 19.8 Å². The van der Waals surface area contributed by atoms with E-state index in [0.29, 0.717) is 37.5 Å². The summed E-state index contributed by atoms with van der Waals surface area (Å²) in [7, 11) is -3.52. The highest BCUT2D eigenvalue weighted by molar-refractivity contribution is 7.92. The van der Waals surface area contributed by atoms with Gasteiger partial charge in [0.05, 0.1) is 11.9 Å². The number of amides is 2. The molecule has 2 aromatic rings. The van der Waals surface area contributed by atoms with Crippen LogP contribution in [-0.4, -0.2) is 50.5 Å². The van der Waals surface area contributed by atoms with E-state index in [1.807, 2.05) is 71.0 Å². The Labute approximate surface area is 216 Å². The molecular weight excluding hydrogens is 474 g/mol. The Balaban J connectivity index is 2.22. The molecule has 198 valence electrons. The van der Waals surface area contributed by atoms with Crippen LogP contribution in [0.4, 0.5) is 5.69 Å². The summed E-state index contributed by atoms with van der Waals surface area (Å²) in [5, 5.41) is 2.97. The van der Waals surface area contributed by atoms with Gasteiger partial charge in [0.15, 0.2) is 0 Å². The average molecular weight is 516 g/mol. The van der Waals surface area contributed by atoms with E-state index >= 15 is 0 Å². The SMILES string of the molecule is CCC(C(=O)NCC(C)C)N(Cc1cccc(C)c1)C(=O)CCCN(c1ccccc1C)S(C)(=O)=O. The summed E-state index contributed by atoms with van der Waals surface area (Å²) in [4.78, 5) is 28.2. The molecule has 0 heterocycles. The minimum Gasteiger partial charge on any atom is -0.354 e. The van der Waals surface area contributed by atoms with E-state index in [4.69, 9.17) is 0 Å². The highest BCUT2D eigenvalue weighted by Crippen LogP contribution is 2.23. The molecule has 0 radical (unpaired) electrons. The monoisotopic (exact) mass is 515 g/mol. The van der Waals surface area contributed by atoms with Gasteiger partial charge in [0.1, 0.15) is 6.04 Å². The van der Waals surface area contributed by atoms with Crippen molar-refractivity contribution in [1.82, 2.24) is 10.2 Å². The molecule has 2 rings (SSSR count). The van der Waals surface area contributed by atoms with Gasteiger partial charge in [-0.1, -0.05) is 68.8 Å². The van der Waals surface area contributed by atoms with Crippen molar-refractivity contribution in [3.8, 4) is 0 Å². The fraction of sp³-hybridized carbons (Fsp3) is 0.500. The van der Waals surface area contributed by atoms with Crippen molar-refractivity contribution < 1.29 is 18.0 Å². The first-order valence-corrected chi connectivity index (χ1v) is 14.4. The standard InChI is InChI=1S/C28H41N3O4S/c1-7-25(28(33)29-19-21(2)3)30(20-24-14-10-12-22(4)18-24)27(32)16-11-17-31(36(6,34)35)26-15-9-8-13-23(26)5/h8-10,12-15,18,21,25H,7,11,16-17,19-20H2,1-6H3,(H,29,33). The molecule has 2 amide bonds. The number of rotatable bonds is 13. The fourth-order valence-corrected chi connectivity index (χ4v) is 5.20. The van der Waals surface area contributed by atoms with E-state index in [9.17, 15) is 18.0 Å². The molecule has 0 aliphatic heterocycles. The molecule has 2 aromatic carbocycles. The zero-order valence-corrected chi connectivity index (χ0v) is 23.3. The van der Waals surface area contributed by atoms with Crippen LogP contribution in [0.15, 0.2) is 48.5 Å². The van der Waals surface area contributed by atoms with Crippen LogP contribution in [0.1, 0.15) is 56.7 Å². The van der Waals surface area contributed by atoms with Crippen molar-refractivity contribution in [2.24, 2.45) is 5.92 Å². The van der Waals surface area contributed by atoms with Crippen LogP contribution >= 0.6 is 0 Å². The van der Waals surface area contributed by atoms with Gasteiger partial charge in [0.25, 0.3) is 0 Å². The van der Waals surface area contributed by atoms with Crippen LogP contribution in [0.25, 0.3) is 0 Å². The number of nitrogens with zero attached hydrogens (tertiary/aromatic N) is 2. The van der Waals surface area contributed by atoms with Crippen LogP contribution < -0.4 is 9.62 Å². The molecule has 0 aliphatic carbocycles. The maximum Gasteiger partial charge on any atom is 0.242 e. The summed E-state index contributed by atoms with van der Waals surface area (Å²) in [5.74, 6) is -0.0260. The second-order valence-corrected chi connectivity index (χ2v) is 11.7. The quantitative estimate of drug-likeness (QED) is 0.428. The molecule has 7 nitrogen and oxygen atoms in total. The number of hydrogen-bond donors (Lipinski definition) is 1. The number of hydrogen-bond acceptors (Lipinski definition) is 4. The lowest BCUT2D eigenvalue weighted by Gasteiger charge is -2.31. The summed E-state index contributed by atoms with van der Waals surface area (Å²) >= 11 is 0. The summed E-state index contributed by atoms with van der Waals surface area (Å²) < 4.78 is 26.4. The van der Waals surface area contributed by atoms with Crippen LogP contribution in [0.5, 0.6) is 0 Å². The van der Waals surface area contributed by atoms with E-state index in [1.165, 1.54) is 10.6 Å². The van der Waals surface area contributed by atoms with Crippen molar-refractivity contribution in [1.29, 1.82) is 0 Å². The smallest absolute Gasteiger partial charge is 0.242 e. The molecule has 1 atom stereocenters. The third-order valence-electron chi connectivity index (χ3n) is 6.04. The molecule has 0 spiro atoms. The Bertz CT molecular complexity index is 1130. The molecule has 0 aliphatic rings. The second-order valence-electron chi connectivity index (χ2n) is 9.80. The van der Waals surface area contributed by atoms with E-state index in [0.717, 1.165) is 16.7 Å². The Kier molecular flexibility index (Phi) is 11.0. The van der Waals surface area contributed by atoms with E-state index < -0.39 is 16.1 Å². The molecular formula is C28H41N3O4S. The number of carbonyl (C=O) groups is 2. The number of aryl methyl sites for hydroxylation is 2. The largest absolute Gasteiger partial charge is 0.354 e. The van der Waals surface area contributed by atoms with Gasteiger partial charge in [-0.15, -0.1) is 0 Å². The average Bonchev–Trinajstić information content (AvgIpc) is 2.80. The fourth-order valence-electron chi connectivity index (χ4n) is 4.17. The highest BCUT2D eigenvalue weighted by Gasteiger charge is 2.29. The number of anilines is 1. The molecule has 1 N–H and O–H groups in total. The first-order valence-electron chi connectivity index (χ1n) is 12.6. The van der Waals surface area contributed by atoms with Gasteiger partial charge in [0.2, 0.25) is 21.8 Å². The predicted octanol–water partition coefficient (Wildman–Crippen LogP) is 4.43. The van der Waals surface area contributed by atoms with Gasteiger partial charge in [-0.3, -0.25) is 13.9 Å². The minimum atomic E-state index is -3.52. The molecule has 0 fully saturated rings. The molecule has 0 saturated carbocycles. The molecule has 0 bridgehead atoms. The Morgan fingerprint density at radius 2 is 1.72 bits per heavy atom. The van der Waals surface area contributed by atoms with Gasteiger partial charge < -0.3 is 10.2 Å². The van der Waals surface area contributed by atoms with E-state index in [-0.39, 0.29) is 24.8 Å². The van der Waals surface area contributed by atoms with Crippen molar-refractivity contribution in [3.63, 3.8) is 0 Å². The second kappa shape index (κ2) is 13.4. The van der Waals surface area contributed by atoms with Crippen molar-refractivity contribution in [2.45, 2.75) is 66.5 Å². The van der Waals surface area contributed by atoms with Crippen LogP contribution in [0.3, 0.4) is 0 Å². The van der Waals surface area contributed by atoms with Gasteiger partial charge in [-0.2, -0.15) is 0 Å². The first kappa shape index (κ1) is 29.4. The van der Waals surface area contributed by atoms with Gasteiger partial charge in [-0.05, 0) is 49.8 Å². The number of para-hydroxylation sites is 1. The summed E-state index contributed by atoms with van der Waals surface area (Å²) in [6.07, 6.45) is 2.14. The zero-order valence-electron chi connectivity index (χ0n) is 22.5. The summed E-state index contributed by atoms with van der Waals surface area (Å²) in [5.41, 5.74) is 3.50. The van der Waals surface area contributed by atoms with Gasteiger partial charge in [0, 0.05) is 26.1 Å². The predicted molar refractivity (Wildman–Crippen MR) is 146 cm³/mol. The Morgan fingerprint density at radius 1 is 1.03 bits per heavy atom. The summed E-state index contributed by atoms with van der Waals surface area (Å²) in [6.45, 7) is 10.9. The molecule has 0 saturated heterocycles. The number of benzene rings is 2. The lowest BCUT2D eigenvalue weighted by atomic mass is 10.1. The highest BCUT2D eigenvalue weighted by atomic mass is 32.2. The topological polar surface area (TPSA) is 86.8 Å². The third kappa shape index (κ3) is 8.66. The maximum atomic E-state index is 13.5. The maximum absolute atomic E-state index is 13.5.